The van der Waals surface area contributed by atoms with E-state index in [-0.39, 0.29) is 0 Å². The molecule has 0 heterocycles. The summed E-state index contributed by atoms with van der Waals surface area (Å²) in [4.78, 5) is 0. The Hall–Kier alpha value is 0.434. The second-order valence-electron chi connectivity index (χ2n) is 13.2. The van der Waals surface area contributed by atoms with E-state index in [0.717, 1.165) is 46.2 Å². The maximum atomic E-state index is 2.81. The van der Waals surface area contributed by atoms with Crippen molar-refractivity contribution in [3.63, 3.8) is 0 Å². The molecule has 0 nitrogen and oxygen atoms in total. The van der Waals surface area contributed by atoms with Gasteiger partial charge in [-0.2, -0.15) is 0 Å². The Bertz CT molecular complexity index is 489. The van der Waals surface area contributed by atoms with Crippen LogP contribution >= 0.6 is 0 Å². The van der Waals surface area contributed by atoms with Gasteiger partial charge in [-0.15, -0.1) is 0 Å². The van der Waals surface area contributed by atoms with Crippen LogP contribution < -0.4 is 0 Å². The molecule has 0 saturated heterocycles. The Labute approximate surface area is 173 Å². The summed E-state index contributed by atoms with van der Waals surface area (Å²) in [6.07, 6.45) is 14.1. The van der Waals surface area contributed by atoms with Crippen LogP contribution in [0.1, 0.15) is 78.6 Å². The van der Waals surface area contributed by atoms with Crippen LogP contribution in [0.3, 0.4) is 0 Å². The number of hydrogen-bond donors (Lipinski definition) is 0. The molecule has 4 unspecified atom stereocenters. The second kappa shape index (κ2) is 8.28. The molecule has 3 aliphatic carbocycles. The molecular weight excluding hydrogens is 356 g/mol. The minimum absolute atomic E-state index is 0.902. The SMILES string of the molecule is CC(C)[C@@H]1CC[C@@H](C)C[C@H]1C1CCC([Si](C)(C)C2CCC([Si](C)(C)C)C2)C1. The first kappa shape index (κ1) is 22.1. The zero-order valence-electron chi connectivity index (χ0n) is 20.0. The van der Waals surface area contributed by atoms with Gasteiger partial charge in [0.15, 0.2) is 0 Å². The normalized spacial score (nSPS) is 41.4. The quantitative estimate of drug-likeness (QED) is 0.400. The molecule has 158 valence electrons. The Kier molecular flexibility index (Phi) is 6.79. The highest BCUT2D eigenvalue weighted by molar-refractivity contribution is 6.81. The molecule has 3 fully saturated rings. The van der Waals surface area contributed by atoms with Crippen molar-refractivity contribution in [2.24, 2.45) is 29.6 Å². The highest BCUT2D eigenvalue weighted by Gasteiger charge is 2.49. The second-order valence-corrected chi connectivity index (χ2v) is 24.0. The molecule has 0 radical (unpaired) electrons. The molecule has 0 aromatic heterocycles. The van der Waals surface area contributed by atoms with E-state index in [4.69, 9.17) is 0 Å². The fourth-order valence-corrected chi connectivity index (χ4v) is 14.2. The molecule has 3 rings (SSSR count). The molecule has 0 aliphatic heterocycles. The molecular formula is C25H50Si2. The van der Waals surface area contributed by atoms with Gasteiger partial charge in [-0.05, 0) is 65.5 Å². The van der Waals surface area contributed by atoms with E-state index in [0.29, 0.717) is 0 Å². The Balaban J connectivity index is 1.64. The number of hydrogen-bond acceptors (Lipinski definition) is 0. The van der Waals surface area contributed by atoms with Gasteiger partial charge in [0, 0.05) is 8.07 Å². The molecule has 27 heavy (non-hydrogen) atoms. The van der Waals surface area contributed by atoms with E-state index in [9.17, 15) is 0 Å². The van der Waals surface area contributed by atoms with E-state index < -0.39 is 16.1 Å². The summed E-state index contributed by atoms with van der Waals surface area (Å²) in [5.74, 6) is 5.05. The van der Waals surface area contributed by atoms with E-state index in [2.05, 4.69) is 53.5 Å². The average Bonchev–Trinajstić information content (AvgIpc) is 3.24. The van der Waals surface area contributed by atoms with Crippen LogP contribution in [0, 0.1) is 29.6 Å². The van der Waals surface area contributed by atoms with Crippen LogP contribution in [-0.2, 0) is 0 Å². The van der Waals surface area contributed by atoms with Crippen molar-refractivity contribution in [3.05, 3.63) is 0 Å². The highest BCUT2D eigenvalue weighted by Crippen LogP contribution is 2.58. The van der Waals surface area contributed by atoms with E-state index >= 15 is 0 Å². The lowest BCUT2D eigenvalue weighted by Crippen LogP contribution is -2.38. The summed E-state index contributed by atoms with van der Waals surface area (Å²) in [5, 5.41) is 0. The monoisotopic (exact) mass is 406 g/mol. The molecule has 2 heteroatoms. The van der Waals surface area contributed by atoms with Gasteiger partial charge in [-0.25, -0.2) is 0 Å². The topological polar surface area (TPSA) is 0 Å². The third kappa shape index (κ3) is 4.78. The van der Waals surface area contributed by atoms with Gasteiger partial charge >= 0.3 is 0 Å². The van der Waals surface area contributed by atoms with Crippen molar-refractivity contribution in [2.45, 2.75) is 128 Å². The predicted octanol–water partition coefficient (Wildman–Crippen LogP) is 8.84. The molecule has 0 aromatic rings. The first-order valence-corrected chi connectivity index (χ1v) is 19.2. The molecule has 0 amide bonds. The van der Waals surface area contributed by atoms with E-state index in [1.165, 1.54) is 12.8 Å². The summed E-state index contributed by atoms with van der Waals surface area (Å²) in [6, 6.07) is 0. The van der Waals surface area contributed by atoms with Crippen LogP contribution in [0.15, 0.2) is 0 Å². The highest BCUT2D eigenvalue weighted by atomic mass is 28.3. The van der Waals surface area contributed by atoms with Gasteiger partial charge < -0.3 is 0 Å². The Morgan fingerprint density at radius 2 is 1.26 bits per heavy atom. The largest absolute Gasteiger partial charge is 0.0693 e. The number of rotatable bonds is 5. The maximum absolute atomic E-state index is 2.81. The molecule has 3 saturated carbocycles. The van der Waals surface area contributed by atoms with Crippen molar-refractivity contribution in [1.82, 2.24) is 0 Å². The molecule has 0 bridgehead atoms. The lowest BCUT2D eigenvalue weighted by atomic mass is 9.65. The van der Waals surface area contributed by atoms with Crippen molar-refractivity contribution >= 4 is 16.1 Å². The maximum Gasteiger partial charge on any atom is 0.0536 e. The molecule has 0 spiro atoms. The third-order valence-electron chi connectivity index (χ3n) is 9.91. The van der Waals surface area contributed by atoms with Crippen LogP contribution in [0.5, 0.6) is 0 Å². The lowest BCUT2D eigenvalue weighted by Gasteiger charge is -2.42. The summed E-state index contributed by atoms with van der Waals surface area (Å²) in [7, 11) is -2.04. The van der Waals surface area contributed by atoms with Gasteiger partial charge in [0.2, 0.25) is 0 Å². The van der Waals surface area contributed by atoms with Crippen LogP contribution in [0.25, 0.3) is 0 Å². The predicted molar refractivity (Wildman–Crippen MR) is 128 cm³/mol. The third-order valence-corrected chi connectivity index (χ3v) is 18.1. The minimum atomic E-state index is -1.11. The first-order valence-electron chi connectivity index (χ1n) is 12.5. The van der Waals surface area contributed by atoms with Crippen molar-refractivity contribution in [2.75, 3.05) is 0 Å². The summed E-state index contributed by atoms with van der Waals surface area (Å²) in [5.41, 5.74) is 3.40. The minimum Gasteiger partial charge on any atom is -0.0693 e. The smallest absolute Gasteiger partial charge is 0.0536 e. The van der Waals surface area contributed by atoms with Crippen LogP contribution in [0.2, 0.25) is 49.4 Å². The summed E-state index contributed by atoms with van der Waals surface area (Å²) < 4.78 is 0. The van der Waals surface area contributed by atoms with Gasteiger partial charge in [0.05, 0.1) is 8.07 Å². The van der Waals surface area contributed by atoms with Gasteiger partial charge in [0.1, 0.15) is 0 Å². The molecule has 0 aromatic carbocycles. The van der Waals surface area contributed by atoms with E-state index in [1.807, 2.05) is 0 Å². The molecule has 7 atom stereocenters. The van der Waals surface area contributed by atoms with Crippen molar-refractivity contribution in [1.29, 1.82) is 0 Å². The van der Waals surface area contributed by atoms with Crippen LogP contribution in [-0.4, -0.2) is 16.1 Å². The molecule has 0 N–H and O–H groups in total. The van der Waals surface area contributed by atoms with Gasteiger partial charge in [-0.3, -0.25) is 0 Å². The van der Waals surface area contributed by atoms with Crippen LogP contribution in [0.4, 0.5) is 0 Å². The Morgan fingerprint density at radius 1 is 0.667 bits per heavy atom. The standard InChI is InChI=1S/C25H50Si2/c1-18(2)24-14-9-19(3)15-25(24)20-10-11-22(16-20)27(7,8)23-13-12-21(17-23)26(4,5)6/h18-25H,9-17H2,1-8H3/t19-,20?,21?,22?,23?,24+,25+/m1/s1. The average molecular weight is 407 g/mol. The van der Waals surface area contributed by atoms with Gasteiger partial charge in [-0.1, -0.05) is 92.0 Å². The van der Waals surface area contributed by atoms with Crippen molar-refractivity contribution in [3.8, 4) is 0 Å². The van der Waals surface area contributed by atoms with E-state index in [1.54, 1.807) is 44.9 Å². The fraction of sp³-hybridized carbons (Fsp3) is 1.00. The zero-order valence-corrected chi connectivity index (χ0v) is 22.0. The van der Waals surface area contributed by atoms with Gasteiger partial charge in [0.25, 0.3) is 0 Å². The zero-order chi connectivity index (χ0) is 20.0. The van der Waals surface area contributed by atoms with Crippen molar-refractivity contribution < 1.29 is 0 Å². The fourth-order valence-electron chi connectivity index (χ4n) is 7.68. The Morgan fingerprint density at radius 3 is 1.85 bits per heavy atom. The summed E-state index contributed by atoms with van der Waals surface area (Å²) in [6.45, 7) is 21.0. The molecule has 3 aliphatic rings. The summed E-state index contributed by atoms with van der Waals surface area (Å²) >= 11 is 0. The lowest BCUT2D eigenvalue weighted by molar-refractivity contribution is 0.0939. The first-order chi connectivity index (χ1) is 12.5.